The smallest absolute Gasteiger partial charge is 0.270 e. The average molecular weight is 344 g/mol. The summed E-state index contributed by atoms with van der Waals surface area (Å²) in [6, 6.07) is 7.38. The number of aromatic nitrogens is 2. The fourth-order valence-corrected chi connectivity index (χ4v) is 2.32. The number of methoxy groups -OCH3 is 2. The van der Waals surface area contributed by atoms with Crippen LogP contribution in [0, 0.1) is 6.92 Å². The van der Waals surface area contributed by atoms with Crippen LogP contribution in [0.5, 0.6) is 11.5 Å². The minimum absolute atomic E-state index is 0.219. The summed E-state index contributed by atoms with van der Waals surface area (Å²) >= 11 is 0. The second kappa shape index (κ2) is 8.32. The van der Waals surface area contributed by atoms with E-state index in [1.54, 1.807) is 33.3 Å². The van der Waals surface area contributed by atoms with Crippen molar-refractivity contribution in [3.05, 3.63) is 41.3 Å². The molecule has 0 aliphatic carbocycles. The second-order valence-corrected chi connectivity index (χ2v) is 5.86. The van der Waals surface area contributed by atoms with Crippen LogP contribution in [0.25, 0.3) is 0 Å². The molecule has 0 saturated heterocycles. The van der Waals surface area contributed by atoms with Crippen LogP contribution in [0.15, 0.2) is 24.3 Å². The Kier molecular flexibility index (Phi) is 6.16. The lowest BCUT2D eigenvalue weighted by molar-refractivity contribution is 0.0945. The van der Waals surface area contributed by atoms with Crippen molar-refractivity contribution in [3.63, 3.8) is 0 Å². The van der Waals surface area contributed by atoms with Crippen LogP contribution >= 0.6 is 0 Å². The number of rotatable bonds is 7. The SMILES string of the molecule is COc1ccc(CNC(=O)c2cc(NC(C)C)nc(C)n2)cc1OC. The highest BCUT2D eigenvalue weighted by atomic mass is 16.5. The summed E-state index contributed by atoms with van der Waals surface area (Å²) in [5.74, 6) is 2.19. The number of hydrogen-bond acceptors (Lipinski definition) is 6. The Morgan fingerprint density at radius 3 is 2.48 bits per heavy atom. The molecule has 0 aliphatic heterocycles. The molecule has 0 radical (unpaired) electrons. The Morgan fingerprint density at radius 1 is 1.12 bits per heavy atom. The molecule has 1 aromatic heterocycles. The molecular weight excluding hydrogens is 320 g/mol. The summed E-state index contributed by atoms with van der Waals surface area (Å²) in [6.45, 7) is 6.13. The quantitative estimate of drug-likeness (QED) is 0.803. The lowest BCUT2D eigenvalue weighted by Gasteiger charge is -2.12. The summed E-state index contributed by atoms with van der Waals surface area (Å²) in [5.41, 5.74) is 1.23. The topological polar surface area (TPSA) is 85.4 Å². The first-order chi connectivity index (χ1) is 11.9. The first kappa shape index (κ1) is 18.5. The molecule has 0 saturated carbocycles. The van der Waals surface area contributed by atoms with E-state index in [-0.39, 0.29) is 11.9 Å². The van der Waals surface area contributed by atoms with Crippen LogP contribution in [-0.2, 0) is 6.54 Å². The predicted molar refractivity (Wildman–Crippen MR) is 96.2 cm³/mol. The van der Waals surface area contributed by atoms with E-state index >= 15 is 0 Å². The van der Waals surface area contributed by atoms with Gasteiger partial charge in [0.25, 0.3) is 5.91 Å². The van der Waals surface area contributed by atoms with Crippen molar-refractivity contribution in [1.82, 2.24) is 15.3 Å². The van der Waals surface area contributed by atoms with Crippen LogP contribution in [0.1, 0.15) is 35.7 Å². The molecule has 2 rings (SSSR count). The van der Waals surface area contributed by atoms with Crippen LogP contribution in [0.3, 0.4) is 0 Å². The summed E-state index contributed by atoms with van der Waals surface area (Å²) in [4.78, 5) is 20.9. The van der Waals surface area contributed by atoms with Crippen LogP contribution in [-0.4, -0.2) is 36.1 Å². The minimum atomic E-state index is -0.257. The van der Waals surface area contributed by atoms with Crippen LogP contribution in [0.4, 0.5) is 5.82 Å². The van der Waals surface area contributed by atoms with Crippen molar-refractivity contribution in [1.29, 1.82) is 0 Å². The molecule has 2 N–H and O–H groups in total. The second-order valence-electron chi connectivity index (χ2n) is 5.86. The third kappa shape index (κ3) is 5.07. The molecule has 0 fully saturated rings. The van der Waals surface area contributed by atoms with Crippen molar-refractivity contribution in [2.24, 2.45) is 0 Å². The molecule has 1 heterocycles. The van der Waals surface area contributed by atoms with Gasteiger partial charge < -0.3 is 20.1 Å². The van der Waals surface area contributed by atoms with E-state index in [0.717, 1.165) is 5.56 Å². The monoisotopic (exact) mass is 344 g/mol. The van der Waals surface area contributed by atoms with Gasteiger partial charge >= 0.3 is 0 Å². The van der Waals surface area contributed by atoms with Gasteiger partial charge in [-0.3, -0.25) is 4.79 Å². The number of nitrogens with zero attached hydrogens (tertiary/aromatic N) is 2. The van der Waals surface area contributed by atoms with E-state index in [4.69, 9.17) is 9.47 Å². The van der Waals surface area contributed by atoms with Gasteiger partial charge in [-0.05, 0) is 38.5 Å². The lowest BCUT2D eigenvalue weighted by atomic mass is 10.2. The van der Waals surface area contributed by atoms with Crippen LogP contribution in [0.2, 0.25) is 0 Å². The number of anilines is 1. The molecule has 1 amide bonds. The number of benzene rings is 1. The molecule has 7 nitrogen and oxygen atoms in total. The van der Waals surface area contributed by atoms with E-state index in [1.165, 1.54) is 0 Å². The first-order valence-corrected chi connectivity index (χ1v) is 8.04. The highest BCUT2D eigenvalue weighted by Crippen LogP contribution is 2.27. The maximum absolute atomic E-state index is 12.4. The van der Waals surface area contributed by atoms with Gasteiger partial charge in [0, 0.05) is 18.7 Å². The molecule has 0 atom stereocenters. The zero-order valence-corrected chi connectivity index (χ0v) is 15.2. The predicted octanol–water partition coefficient (Wildman–Crippen LogP) is 2.55. The van der Waals surface area contributed by atoms with Crippen molar-refractivity contribution < 1.29 is 14.3 Å². The maximum Gasteiger partial charge on any atom is 0.270 e. The number of nitrogens with one attached hydrogen (secondary N) is 2. The van der Waals surface area contributed by atoms with Gasteiger partial charge in [0.15, 0.2) is 11.5 Å². The highest BCUT2D eigenvalue weighted by Gasteiger charge is 2.12. The molecule has 2 aromatic rings. The molecule has 0 spiro atoms. The van der Waals surface area contributed by atoms with Gasteiger partial charge in [-0.15, -0.1) is 0 Å². The van der Waals surface area contributed by atoms with E-state index in [0.29, 0.717) is 35.4 Å². The normalized spacial score (nSPS) is 10.5. The molecule has 7 heteroatoms. The molecule has 1 aromatic carbocycles. The molecule has 134 valence electrons. The van der Waals surface area contributed by atoms with E-state index < -0.39 is 0 Å². The Labute approximate surface area is 147 Å². The summed E-state index contributed by atoms with van der Waals surface area (Å²) in [6.07, 6.45) is 0. The fraction of sp³-hybridized carbons (Fsp3) is 0.389. The number of carbonyl (C=O) groups is 1. The number of ether oxygens (including phenoxy) is 2. The third-order valence-corrected chi connectivity index (χ3v) is 3.41. The molecule has 0 unspecified atom stereocenters. The standard InChI is InChI=1S/C18H24N4O3/c1-11(2)20-17-9-14(21-12(3)22-17)18(23)19-10-13-6-7-15(24-4)16(8-13)25-5/h6-9,11H,10H2,1-5H3,(H,19,23)(H,20,21,22). The van der Waals surface area contributed by atoms with E-state index in [2.05, 4.69) is 20.6 Å². The van der Waals surface area contributed by atoms with Gasteiger partial charge in [-0.2, -0.15) is 0 Å². The molecule has 0 bridgehead atoms. The number of aryl methyl sites for hydroxylation is 1. The van der Waals surface area contributed by atoms with Crippen molar-refractivity contribution in [2.45, 2.75) is 33.4 Å². The van der Waals surface area contributed by atoms with Gasteiger partial charge in [0.2, 0.25) is 0 Å². The fourth-order valence-electron chi connectivity index (χ4n) is 2.32. The number of amides is 1. The van der Waals surface area contributed by atoms with E-state index in [9.17, 15) is 4.79 Å². The zero-order valence-electron chi connectivity index (χ0n) is 15.2. The van der Waals surface area contributed by atoms with Crippen molar-refractivity contribution in [2.75, 3.05) is 19.5 Å². The molecule has 0 aliphatic rings. The summed E-state index contributed by atoms with van der Waals surface area (Å²) < 4.78 is 10.5. The largest absolute Gasteiger partial charge is 0.493 e. The third-order valence-electron chi connectivity index (χ3n) is 3.41. The van der Waals surface area contributed by atoms with Gasteiger partial charge in [0.1, 0.15) is 17.3 Å². The van der Waals surface area contributed by atoms with Gasteiger partial charge in [-0.1, -0.05) is 6.07 Å². The molecular formula is C18H24N4O3. The van der Waals surface area contributed by atoms with Gasteiger partial charge in [-0.25, -0.2) is 9.97 Å². The first-order valence-electron chi connectivity index (χ1n) is 8.04. The number of carbonyl (C=O) groups excluding carboxylic acids is 1. The average Bonchev–Trinajstić information content (AvgIpc) is 2.58. The Morgan fingerprint density at radius 2 is 1.84 bits per heavy atom. The molecule has 25 heavy (non-hydrogen) atoms. The highest BCUT2D eigenvalue weighted by molar-refractivity contribution is 5.92. The Bertz CT molecular complexity index is 747. The zero-order chi connectivity index (χ0) is 18.4. The maximum atomic E-state index is 12.4. The summed E-state index contributed by atoms with van der Waals surface area (Å²) in [5, 5.41) is 6.04. The van der Waals surface area contributed by atoms with Crippen LogP contribution < -0.4 is 20.1 Å². The van der Waals surface area contributed by atoms with Crippen molar-refractivity contribution in [3.8, 4) is 11.5 Å². The van der Waals surface area contributed by atoms with E-state index in [1.807, 2.05) is 26.0 Å². The van der Waals surface area contributed by atoms with Crippen molar-refractivity contribution >= 4 is 11.7 Å². The van der Waals surface area contributed by atoms with Gasteiger partial charge in [0.05, 0.1) is 14.2 Å². The number of hydrogen-bond donors (Lipinski definition) is 2. The summed E-state index contributed by atoms with van der Waals surface area (Å²) in [7, 11) is 3.16. The minimum Gasteiger partial charge on any atom is -0.493 e. The Balaban J connectivity index is 2.08. The Hall–Kier alpha value is -2.83. The lowest BCUT2D eigenvalue weighted by Crippen LogP contribution is -2.25.